The van der Waals surface area contributed by atoms with E-state index < -0.39 is 16.0 Å². The van der Waals surface area contributed by atoms with Crippen LogP contribution in [-0.2, 0) is 10.1 Å². The highest BCUT2D eigenvalue weighted by molar-refractivity contribution is 7.90. The van der Waals surface area contributed by atoms with Crippen LogP contribution in [-0.4, -0.2) is 13.0 Å². The summed E-state index contributed by atoms with van der Waals surface area (Å²) in [6, 6.07) is 18.8. The largest absolute Gasteiger partial charge is 0.291 e. The van der Waals surface area contributed by atoms with E-state index in [4.69, 9.17) is 0 Å². The molecule has 0 bridgehead atoms. The van der Waals surface area contributed by atoms with Crippen LogP contribution in [0.2, 0.25) is 0 Å². The maximum Gasteiger partial charge on any atom is 0.291 e. The minimum Gasteiger partial charge on any atom is -0.282 e. The molecule has 0 radical (unpaired) electrons. The molecule has 25 heavy (non-hydrogen) atoms. The van der Waals surface area contributed by atoms with Crippen LogP contribution >= 0.6 is 0 Å². The monoisotopic (exact) mass is 350 g/mol. The SMILES string of the molecule is O=S(=O)(O)C(=Cc1ccccc1)C1C=CC=CC1=Cc1ccccc1. The first-order valence-corrected chi connectivity index (χ1v) is 9.34. The molecule has 3 rings (SSSR count). The summed E-state index contributed by atoms with van der Waals surface area (Å²) in [5.74, 6) is -0.541. The van der Waals surface area contributed by atoms with Gasteiger partial charge in [-0.2, -0.15) is 8.42 Å². The number of hydrogen-bond acceptors (Lipinski definition) is 2. The van der Waals surface area contributed by atoms with Crippen LogP contribution in [0.5, 0.6) is 0 Å². The van der Waals surface area contributed by atoms with E-state index in [9.17, 15) is 13.0 Å². The summed E-state index contributed by atoms with van der Waals surface area (Å²) < 4.78 is 33.9. The van der Waals surface area contributed by atoms with Crippen molar-refractivity contribution < 1.29 is 13.0 Å². The van der Waals surface area contributed by atoms with Gasteiger partial charge in [-0.1, -0.05) is 91.0 Å². The molecule has 0 amide bonds. The van der Waals surface area contributed by atoms with E-state index in [0.717, 1.165) is 16.7 Å². The molecule has 2 aromatic rings. The number of hydrogen-bond donors (Lipinski definition) is 1. The fourth-order valence-electron chi connectivity index (χ4n) is 2.73. The second kappa shape index (κ2) is 7.47. The quantitative estimate of drug-likeness (QED) is 0.810. The lowest BCUT2D eigenvalue weighted by Gasteiger charge is -2.19. The molecular formula is C21H18O3S. The summed E-state index contributed by atoms with van der Waals surface area (Å²) in [4.78, 5) is -0.0403. The van der Waals surface area contributed by atoms with Gasteiger partial charge in [0, 0.05) is 5.92 Å². The molecule has 0 spiro atoms. The van der Waals surface area contributed by atoms with Crippen LogP contribution in [0.3, 0.4) is 0 Å². The molecule has 0 saturated carbocycles. The van der Waals surface area contributed by atoms with E-state index in [-0.39, 0.29) is 4.91 Å². The molecule has 1 unspecified atom stereocenters. The summed E-state index contributed by atoms with van der Waals surface area (Å²) >= 11 is 0. The molecule has 1 aliphatic rings. The molecule has 0 heterocycles. The van der Waals surface area contributed by atoms with E-state index in [1.807, 2.05) is 66.8 Å². The Morgan fingerprint density at radius 3 is 2.08 bits per heavy atom. The average Bonchev–Trinajstić information content (AvgIpc) is 2.61. The van der Waals surface area contributed by atoms with Crippen molar-refractivity contribution in [2.45, 2.75) is 0 Å². The molecule has 3 nitrogen and oxygen atoms in total. The summed E-state index contributed by atoms with van der Waals surface area (Å²) in [7, 11) is -4.35. The summed E-state index contributed by atoms with van der Waals surface area (Å²) in [6.07, 6.45) is 10.7. The predicted molar refractivity (Wildman–Crippen MR) is 102 cm³/mol. The molecular weight excluding hydrogens is 332 g/mol. The summed E-state index contributed by atoms with van der Waals surface area (Å²) in [6.45, 7) is 0. The van der Waals surface area contributed by atoms with Crippen LogP contribution in [0.15, 0.2) is 95.4 Å². The van der Waals surface area contributed by atoms with Crippen molar-refractivity contribution in [3.63, 3.8) is 0 Å². The average molecular weight is 350 g/mol. The molecule has 0 fully saturated rings. The molecule has 0 aromatic heterocycles. The van der Waals surface area contributed by atoms with Gasteiger partial charge in [0.2, 0.25) is 0 Å². The zero-order valence-electron chi connectivity index (χ0n) is 13.5. The number of rotatable bonds is 4. The molecule has 2 aromatic carbocycles. The highest BCUT2D eigenvalue weighted by Crippen LogP contribution is 2.32. The van der Waals surface area contributed by atoms with Crippen molar-refractivity contribution in [1.29, 1.82) is 0 Å². The maximum atomic E-state index is 12.0. The third kappa shape index (κ3) is 4.44. The molecule has 1 N–H and O–H groups in total. The van der Waals surface area contributed by atoms with Gasteiger partial charge < -0.3 is 0 Å². The topological polar surface area (TPSA) is 54.4 Å². The predicted octanol–water partition coefficient (Wildman–Crippen LogP) is 4.74. The Labute approximate surface area is 148 Å². The first kappa shape index (κ1) is 17.1. The van der Waals surface area contributed by atoms with Crippen LogP contribution < -0.4 is 0 Å². The van der Waals surface area contributed by atoms with Crippen molar-refractivity contribution in [2.24, 2.45) is 5.92 Å². The minimum atomic E-state index is -4.35. The van der Waals surface area contributed by atoms with Crippen molar-refractivity contribution in [3.8, 4) is 0 Å². The van der Waals surface area contributed by atoms with Gasteiger partial charge in [0.05, 0.1) is 4.91 Å². The Kier molecular flexibility index (Phi) is 5.12. The van der Waals surface area contributed by atoms with E-state index in [1.165, 1.54) is 6.08 Å². The van der Waals surface area contributed by atoms with Gasteiger partial charge in [0.1, 0.15) is 0 Å². The zero-order valence-corrected chi connectivity index (χ0v) is 14.3. The van der Waals surface area contributed by atoms with E-state index in [1.54, 1.807) is 24.3 Å². The standard InChI is InChI=1S/C21H18O3S/c22-25(23,24)21(16-18-11-5-2-6-12-18)20-14-8-7-13-19(20)15-17-9-3-1-4-10-17/h1-16,20H,(H,22,23,24). The Balaban J connectivity index is 2.08. The summed E-state index contributed by atoms with van der Waals surface area (Å²) in [5, 5.41) is 0. The first-order chi connectivity index (χ1) is 12.0. The van der Waals surface area contributed by atoms with Gasteiger partial charge in [0.15, 0.2) is 0 Å². The van der Waals surface area contributed by atoms with E-state index in [0.29, 0.717) is 0 Å². The zero-order chi connectivity index (χ0) is 17.7. The highest BCUT2D eigenvalue weighted by Gasteiger charge is 2.26. The molecule has 4 heteroatoms. The molecule has 1 atom stereocenters. The van der Waals surface area contributed by atoms with Crippen LogP contribution in [0.1, 0.15) is 11.1 Å². The third-order valence-electron chi connectivity index (χ3n) is 3.91. The van der Waals surface area contributed by atoms with Gasteiger partial charge in [-0.15, -0.1) is 0 Å². The Morgan fingerprint density at radius 2 is 1.48 bits per heavy atom. The van der Waals surface area contributed by atoms with Crippen molar-refractivity contribution in [3.05, 3.63) is 107 Å². The number of allylic oxidation sites excluding steroid dienone is 6. The Morgan fingerprint density at radius 1 is 0.880 bits per heavy atom. The molecule has 0 aliphatic heterocycles. The number of benzene rings is 2. The lowest BCUT2D eigenvalue weighted by atomic mass is 9.91. The van der Waals surface area contributed by atoms with E-state index >= 15 is 0 Å². The maximum absolute atomic E-state index is 12.0. The van der Waals surface area contributed by atoms with Gasteiger partial charge in [0.25, 0.3) is 10.1 Å². The Bertz CT molecular complexity index is 951. The normalized spacial score (nSPS) is 19.3. The third-order valence-corrected chi connectivity index (χ3v) is 4.88. The van der Waals surface area contributed by atoms with Gasteiger partial charge in [-0.05, 0) is 22.8 Å². The fourth-order valence-corrected chi connectivity index (χ4v) is 3.55. The van der Waals surface area contributed by atoms with Crippen molar-refractivity contribution in [1.82, 2.24) is 0 Å². The lowest BCUT2D eigenvalue weighted by Crippen LogP contribution is -2.14. The molecule has 1 aliphatic carbocycles. The van der Waals surface area contributed by atoms with Gasteiger partial charge in [-0.25, -0.2) is 0 Å². The minimum absolute atomic E-state index is 0.0403. The summed E-state index contributed by atoms with van der Waals surface area (Å²) in [5.41, 5.74) is 2.49. The second-order valence-electron chi connectivity index (χ2n) is 5.71. The van der Waals surface area contributed by atoms with Crippen LogP contribution in [0.4, 0.5) is 0 Å². The van der Waals surface area contributed by atoms with E-state index in [2.05, 4.69) is 0 Å². The Hall–Kier alpha value is -2.69. The molecule has 0 saturated heterocycles. The van der Waals surface area contributed by atoms with Crippen LogP contribution in [0.25, 0.3) is 12.2 Å². The second-order valence-corrected chi connectivity index (χ2v) is 7.13. The fraction of sp³-hybridized carbons (Fsp3) is 0.0476. The highest BCUT2D eigenvalue weighted by atomic mass is 32.2. The van der Waals surface area contributed by atoms with Crippen LogP contribution in [0, 0.1) is 5.92 Å². The van der Waals surface area contributed by atoms with Gasteiger partial charge >= 0.3 is 0 Å². The lowest BCUT2D eigenvalue weighted by molar-refractivity contribution is 0.488. The smallest absolute Gasteiger partial charge is 0.282 e. The van der Waals surface area contributed by atoms with Crippen molar-refractivity contribution in [2.75, 3.05) is 0 Å². The van der Waals surface area contributed by atoms with Gasteiger partial charge in [-0.3, -0.25) is 4.55 Å². The molecule has 126 valence electrons. The van der Waals surface area contributed by atoms with Crippen molar-refractivity contribution >= 4 is 22.3 Å². The first-order valence-electron chi connectivity index (χ1n) is 7.90.